The lowest BCUT2D eigenvalue weighted by atomic mass is 10.2. The number of alkyl halides is 2. The van der Waals surface area contributed by atoms with Gasteiger partial charge in [0.05, 0.1) is 0 Å². The topological polar surface area (TPSA) is 55.1 Å². The van der Waals surface area contributed by atoms with Gasteiger partial charge in [0.2, 0.25) is 0 Å². The van der Waals surface area contributed by atoms with Crippen LogP contribution >= 0.6 is 23.2 Å². The fourth-order valence-electron chi connectivity index (χ4n) is 0.786. The SMILES string of the molecule is C/C=C\C(=C/C(C)(Cl)Cl)C(=O)NC.CCN. The first-order chi connectivity index (χ1) is 7.32. The Labute approximate surface area is 108 Å². The molecule has 1 amide bonds. The summed E-state index contributed by atoms with van der Waals surface area (Å²) in [6.07, 6.45) is 4.90. The number of carbonyl (C=O) groups excluding carboxylic acids is 1. The van der Waals surface area contributed by atoms with E-state index in [2.05, 4.69) is 5.32 Å². The van der Waals surface area contributed by atoms with Crippen LogP contribution in [0, 0.1) is 0 Å². The molecule has 0 heterocycles. The van der Waals surface area contributed by atoms with Crippen LogP contribution in [-0.2, 0) is 4.79 Å². The molecule has 0 fully saturated rings. The van der Waals surface area contributed by atoms with Gasteiger partial charge in [-0.2, -0.15) is 0 Å². The van der Waals surface area contributed by atoms with Crippen LogP contribution in [0.3, 0.4) is 0 Å². The number of nitrogens with two attached hydrogens (primary N) is 1. The lowest BCUT2D eigenvalue weighted by molar-refractivity contribution is -0.116. The monoisotopic (exact) mass is 266 g/mol. The van der Waals surface area contributed by atoms with E-state index in [1.54, 1.807) is 26.1 Å². The molecule has 0 bridgehead atoms. The van der Waals surface area contributed by atoms with Gasteiger partial charge in [0.15, 0.2) is 0 Å². The van der Waals surface area contributed by atoms with E-state index in [-0.39, 0.29) is 5.91 Å². The molecule has 0 aromatic carbocycles. The number of hydrogen-bond acceptors (Lipinski definition) is 2. The molecule has 0 radical (unpaired) electrons. The van der Waals surface area contributed by atoms with Crippen molar-refractivity contribution in [2.75, 3.05) is 13.6 Å². The minimum absolute atomic E-state index is 0.203. The largest absolute Gasteiger partial charge is 0.355 e. The van der Waals surface area contributed by atoms with Crippen molar-refractivity contribution in [3.8, 4) is 0 Å². The summed E-state index contributed by atoms with van der Waals surface area (Å²) < 4.78 is -1.03. The van der Waals surface area contributed by atoms with Crippen molar-refractivity contribution in [3.05, 3.63) is 23.8 Å². The smallest absolute Gasteiger partial charge is 0.250 e. The second-order valence-electron chi connectivity index (χ2n) is 3.04. The molecule has 0 aromatic heterocycles. The summed E-state index contributed by atoms with van der Waals surface area (Å²) in [5.74, 6) is -0.203. The maximum atomic E-state index is 11.2. The van der Waals surface area contributed by atoms with Crippen molar-refractivity contribution in [2.24, 2.45) is 5.73 Å². The maximum Gasteiger partial charge on any atom is 0.250 e. The van der Waals surface area contributed by atoms with E-state index in [1.165, 1.54) is 6.08 Å². The minimum Gasteiger partial charge on any atom is -0.355 e. The van der Waals surface area contributed by atoms with Crippen LogP contribution in [0.5, 0.6) is 0 Å². The highest BCUT2D eigenvalue weighted by Crippen LogP contribution is 2.23. The molecule has 0 aliphatic carbocycles. The minimum atomic E-state index is -1.03. The van der Waals surface area contributed by atoms with Crippen molar-refractivity contribution < 1.29 is 4.79 Å². The van der Waals surface area contributed by atoms with Gasteiger partial charge in [-0.25, -0.2) is 0 Å². The Morgan fingerprint density at radius 3 is 2.19 bits per heavy atom. The van der Waals surface area contributed by atoms with Crippen LogP contribution in [0.4, 0.5) is 0 Å². The summed E-state index contributed by atoms with van der Waals surface area (Å²) in [5, 5.41) is 2.50. The average molecular weight is 267 g/mol. The lowest BCUT2D eigenvalue weighted by Crippen LogP contribution is -2.20. The average Bonchev–Trinajstić information content (AvgIpc) is 2.15. The van der Waals surface area contributed by atoms with Gasteiger partial charge in [0, 0.05) is 12.6 Å². The zero-order chi connectivity index (χ0) is 13.2. The van der Waals surface area contributed by atoms with Gasteiger partial charge in [-0.1, -0.05) is 42.3 Å². The van der Waals surface area contributed by atoms with Crippen molar-refractivity contribution in [1.82, 2.24) is 5.32 Å². The molecule has 0 unspecified atom stereocenters. The van der Waals surface area contributed by atoms with Gasteiger partial charge in [-0.3, -0.25) is 4.79 Å². The zero-order valence-electron chi connectivity index (χ0n) is 10.2. The Hall–Kier alpha value is -0.510. The maximum absolute atomic E-state index is 11.2. The number of hydrogen-bond donors (Lipinski definition) is 2. The highest BCUT2D eigenvalue weighted by molar-refractivity contribution is 6.49. The molecule has 0 rings (SSSR count). The molecule has 0 atom stereocenters. The lowest BCUT2D eigenvalue weighted by Gasteiger charge is -2.08. The summed E-state index contributed by atoms with van der Waals surface area (Å²) in [6.45, 7) is 6.07. The number of nitrogens with one attached hydrogen (secondary N) is 1. The molecular formula is C11H20Cl2N2O. The summed E-state index contributed by atoms with van der Waals surface area (Å²) in [7, 11) is 1.56. The van der Waals surface area contributed by atoms with Gasteiger partial charge in [0.25, 0.3) is 5.91 Å². The number of rotatable bonds is 3. The van der Waals surface area contributed by atoms with E-state index < -0.39 is 4.33 Å². The molecule has 3 nitrogen and oxygen atoms in total. The summed E-state index contributed by atoms with van der Waals surface area (Å²) in [6, 6.07) is 0. The molecule has 0 aromatic rings. The number of carbonyl (C=O) groups is 1. The van der Waals surface area contributed by atoms with Crippen LogP contribution in [-0.4, -0.2) is 23.8 Å². The van der Waals surface area contributed by atoms with Gasteiger partial charge in [-0.05, 0) is 26.5 Å². The molecule has 0 spiro atoms. The van der Waals surface area contributed by atoms with Crippen LogP contribution in [0.2, 0.25) is 0 Å². The van der Waals surface area contributed by atoms with E-state index >= 15 is 0 Å². The molecule has 0 saturated heterocycles. The van der Waals surface area contributed by atoms with E-state index in [9.17, 15) is 4.79 Å². The summed E-state index contributed by atoms with van der Waals surface area (Å²) in [5.41, 5.74) is 5.30. The van der Waals surface area contributed by atoms with Crippen molar-refractivity contribution in [3.63, 3.8) is 0 Å². The van der Waals surface area contributed by atoms with E-state index in [1.807, 2.05) is 13.8 Å². The van der Waals surface area contributed by atoms with Crippen molar-refractivity contribution in [1.29, 1.82) is 0 Å². The van der Waals surface area contributed by atoms with Crippen LogP contribution < -0.4 is 11.1 Å². The van der Waals surface area contributed by atoms with E-state index in [4.69, 9.17) is 28.9 Å². The number of halogens is 2. The quantitative estimate of drug-likeness (QED) is 0.468. The number of amides is 1. The van der Waals surface area contributed by atoms with Gasteiger partial charge in [0.1, 0.15) is 4.33 Å². The molecule has 0 aliphatic rings. The van der Waals surface area contributed by atoms with Crippen LogP contribution in [0.1, 0.15) is 20.8 Å². The van der Waals surface area contributed by atoms with Crippen LogP contribution in [0.15, 0.2) is 23.8 Å². The summed E-state index contributed by atoms with van der Waals surface area (Å²) >= 11 is 11.5. The van der Waals surface area contributed by atoms with Crippen LogP contribution in [0.25, 0.3) is 0 Å². The highest BCUT2D eigenvalue weighted by atomic mass is 35.5. The first-order valence-corrected chi connectivity index (χ1v) is 5.73. The first-order valence-electron chi connectivity index (χ1n) is 4.97. The first kappa shape index (κ1) is 17.9. The van der Waals surface area contributed by atoms with Crippen molar-refractivity contribution >= 4 is 29.1 Å². The van der Waals surface area contributed by atoms with Crippen molar-refractivity contribution in [2.45, 2.75) is 25.1 Å². The molecule has 0 aliphatic heterocycles. The fraction of sp³-hybridized carbons (Fsp3) is 0.545. The van der Waals surface area contributed by atoms with Gasteiger partial charge < -0.3 is 11.1 Å². The predicted octanol–water partition coefficient (Wildman–Crippen LogP) is 2.39. The molecule has 3 N–H and O–H groups in total. The molecule has 94 valence electrons. The van der Waals surface area contributed by atoms with E-state index in [0.29, 0.717) is 5.57 Å². The zero-order valence-corrected chi connectivity index (χ0v) is 11.7. The normalized spacial score (nSPS) is 12.1. The molecular weight excluding hydrogens is 247 g/mol. The third-order valence-electron chi connectivity index (χ3n) is 1.24. The third kappa shape index (κ3) is 11.6. The van der Waals surface area contributed by atoms with Gasteiger partial charge >= 0.3 is 0 Å². The molecule has 5 heteroatoms. The molecule has 0 saturated carbocycles. The second kappa shape index (κ2) is 9.70. The number of allylic oxidation sites excluding steroid dienone is 2. The van der Waals surface area contributed by atoms with Gasteiger partial charge in [-0.15, -0.1) is 0 Å². The Morgan fingerprint density at radius 2 is 1.94 bits per heavy atom. The summed E-state index contributed by atoms with van der Waals surface area (Å²) in [4.78, 5) is 11.2. The fourth-order valence-corrected chi connectivity index (χ4v) is 1.02. The third-order valence-corrected chi connectivity index (χ3v) is 1.46. The van der Waals surface area contributed by atoms with E-state index in [0.717, 1.165) is 6.54 Å². The highest BCUT2D eigenvalue weighted by Gasteiger charge is 2.15. The standard InChI is InChI=1S/C9H13Cl2NO.C2H7N/c1-4-5-7(8(13)12-3)6-9(2,10)11;1-2-3/h4-6H,1-3H3,(H,12,13);2-3H2,1H3/b5-4-,7-6+;. The number of likely N-dealkylation sites (N-methyl/N-ethyl adjacent to an activating group) is 1. The Balaban J connectivity index is 0. The molecule has 16 heavy (non-hydrogen) atoms. The Bertz CT molecular complexity index is 255. The predicted molar refractivity (Wildman–Crippen MR) is 71.8 cm³/mol. The Morgan fingerprint density at radius 1 is 1.50 bits per heavy atom. The Kier molecular flexibility index (Phi) is 10.8. The second-order valence-corrected chi connectivity index (χ2v) is 4.81.